The fourth-order valence-electron chi connectivity index (χ4n) is 9.15. The molecule has 6 aromatic rings. The number of hydrogen-bond donors (Lipinski definition) is 1. The second kappa shape index (κ2) is 14.6. The molecule has 0 radical (unpaired) electrons. The van der Waals surface area contributed by atoms with Gasteiger partial charge in [-0.1, -0.05) is 29.3 Å². The molecule has 0 aliphatic carbocycles. The molecule has 1 saturated heterocycles. The van der Waals surface area contributed by atoms with Gasteiger partial charge in [0.15, 0.2) is 0 Å². The van der Waals surface area contributed by atoms with Gasteiger partial charge < -0.3 is 28.8 Å². The van der Waals surface area contributed by atoms with Gasteiger partial charge in [0, 0.05) is 71.0 Å². The number of fused-ring (bicyclic) bond motifs is 4. The molecule has 3 aromatic heterocycles. The molecule has 56 heavy (non-hydrogen) atoms. The first-order valence-electron chi connectivity index (χ1n) is 19.4. The first-order chi connectivity index (χ1) is 26.7. The Labute approximate surface area is 337 Å². The highest BCUT2D eigenvalue weighted by Crippen LogP contribution is 2.46. The highest BCUT2D eigenvalue weighted by Gasteiger charge is 2.38. The van der Waals surface area contributed by atoms with Crippen LogP contribution in [0.4, 0.5) is 5.69 Å². The highest BCUT2D eigenvalue weighted by molar-refractivity contribution is 6.35. The van der Waals surface area contributed by atoms with Crippen molar-refractivity contribution < 1.29 is 19.4 Å². The molecule has 2 aliphatic heterocycles. The van der Waals surface area contributed by atoms with Gasteiger partial charge in [-0.2, -0.15) is 5.10 Å². The van der Waals surface area contributed by atoms with Gasteiger partial charge in [0.05, 0.1) is 39.6 Å². The second-order valence-electron chi connectivity index (χ2n) is 15.8. The Bertz CT molecular complexity index is 2540. The number of carboxylic acids is 1. The van der Waals surface area contributed by atoms with Crippen molar-refractivity contribution in [2.24, 2.45) is 7.05 Å². The molecule has 0 unspecified atom stereocenters. The van der Waals surface area contributed by atoms with Crippen LogP contribution >= 0.6 is 23.2 Å². The van der Waals surface area contributed by atoms with E-state index in [4.69, 9.17) is 33.0 Å². The molecule has 8 rings (SSSR count). The summed E-state index contributed by atoms with van der Waals surface area (Å²) in [5, 5.41) is 17.8. The van der Waals surface area contributed by atoms with Gasteiger partial charge in [0.25, 0.3) is 5.91 Å². The topological polar surface area (TPSA) is 97.8 Å². The number of halogens is 2. The van der Waals surface area contributed by atoms with Crippen molar-refractivity contribution in [1.82, 2.24) is 23.8 Å². The van der Waals surface area contributed by atoms with Crippen molar-refractivity contribution in [2.75, 3.05) is 31.6 Å². The molecule has 1 N–H and O–H groups in total. The highest BCUT2D eigenvalue weighted by atomic mass is 35.5. The number of aromatic carboxylic acids is 1. The SMILES string of the molecule is Cc1cc(OCCCc2c3n(c4c(-c5c(C)nn(C)c5C)c(Cl)ccc24)[C@H](C)CN(c2cn(C[C@H]4CCCN4C)c4ccc(C(=O)O)cc24)C3=O)cc(C)c1Cl. The summed E-state index contributed by atoms with van der Waals surface area (Å²) in [7, 11) is 4.09. The molecule has 1 fully saturated rings. The quantitative estimate of drug-likeness (QED) is 0.139. The molecule has 5 heterocycles. The predicted octanol–water partition coefficient (Wildman–Crippen LogP) is 9.56. The monoisotopic (exact) mass is 794 g/mol. The van der Waals surface area contributed by atoms with Crippen molar-refractivity contribution in [2.45, 2.75) is 78.9 Å². The summed E-state index contributed by atoms with van der Waals surface area (Å²) in [6, 6.07) is 13.4. The van der Waals surface area contributed by atoms with E-state index < -0.39 is 5.97 Å². The number of nitrogens with zero attached hydrogens (tertiary/aromatic N) is 6. The van der Waals surface area contributed by atoms with Gasteiger partial charge in [0.1, 0.15) is 11.4 Å². The largest absolute Gasteiger partial charge is 0.494 e. The zero-order valence-electron chi connectivity index (χ0n) is 33.0. The van der Waals surface area contributed by atoms with E-state index in [1.807, 2.05) is 74.7 Å². The number of carbonyl (C=O) groups is 2. The Morgan fingerprint density at radius 2 is 1.75 bits per heavy atom. The lowest BCUT2D eigenvalue weighted by molar-refractivity contribution is 0.0696. The molecule has 3 aromatic carbocycles. The fraction of sp³-hybridized carbons (Fsp3) is 0.386. The Balaban J connectivity index is 1.26. The third-order valence-corrected chi connectivity index (χ3v) is 13.0. The van der Waals surface area contributed by atoms with Crippen molar-refractivity contribution in [3.8, 4) is 16.9 Å². The maximum Gasteiger partial charge on any atom is 0.335 e. The van der Waals surface area contributed by atoms with Gasteiger partial charge >= 0.3 is 5.97 Å². The number of amides is 1. The van der Waals surface area contributed by atoms with Gasteiger partial charge in [-0.05, 0) is 127 Å². The number of rotatable bonds is 10. The van der Waals surface area contributed by atoms with Crippen molar-refractivity contribution in [3.05, 3.63) is 98.0 Å². The number of carboxylic acid groups (broad SMARTS) is 1. The summed E-state index contributed by atoms with van der Waals surface area (Å²) in [5.74, 6) is -0.362. The van der Waals surface area contributed by atoms with Crippen LogP contribution in [0.3, 0.4) is 0 Å². The predicted molar refractivity (Wildman–Crippen MR) is 224 cm³/mol. The van der Waals surface area contributed by atoms with E-state index in [1.54, 1.807) is 12.1 Å². The Kier molecular flexibility index (Phi) is 9.96. The summed E-state index contributed by atoms with van der Waals surface area (Å²) in [6.07, 6.45) is 5.53. The zero-order chi connectivity index (χ0) is 39.7. The van der Waals surface area contributed by atoms with Crippen LogP contribution in [0, 0.1) is 27.7 Å². The standard InChI is InChI=1S/C44H48Cl2N6O4/c1-24-18-31(19-25(2)40(24)46)56-17-9-11-32-33-13-14-35(45)39(38-27(4)47-49(7)28(38)5)41(33)52-26(3)21-51(43(53)42(32)52)37-23-50(22-30-10-8-16-48(30)6)36-15-12-29(44(54)55)20-34(36)37/h12-15,18-20,23,26,30H,8-11,16-17,21-22H2,1-7H3,(H,54,55)/t26-,30-/m1/s1. The number of hydrogen-bond acceptors (Lipinski definition) is 5. The van der Waals surface area contributed by atoms with E-state index in [-0.39, 0.29) is 17.5 Å². The first-order valence-corrected chi connectivity index (χ1v) is 20.1. The molecule has 10 nitrogen and oxygen atoms in total. The maximum absolute atomic E-state index is 15.3. The third-order valence-electron chi connectivity index (χ3n) is 12.0. The molecule has 0 saturated carbocycles. The van der Waals surface area contributed by atoms with E-state index in [9.17, 15) is 9.90 Å². The average Bonchev–Trinajstić information content (AvgIpc) is 3.89. The molecule has 12 heteroatoms. The normalized spacial score (nSPS) is 17.4. The minimum absolute atomic E-state index is 0.126. The lowest BCUT2D eigenvalue weighted by atomic mass is 9.98. The van der Waals surface area contributed by atoms with Gasteiger partial charge in [-0.3, -0.25) is 9.48 Å². The minimum Gasteiger partial charge on any atom is -0.494 e. The molecule has 1 amide bonds. The number of anilines is 1. The summed E-state index contributed by atoms with van der Waals surface area (Å²) in [4.78, 5) is 31.8. The van der Waals surface area contributed by atoms with Crippen LogP contribution < -0.4 is 9.64 Å². The van der Waals surface area contributed by atoms with Crippen molar-refractivity contribution in [3.63, 3.8) is 0 Å². The fourth-order valence-corrected chi connectivity index (χ4v) is 9.51. The number of likely N-dealkylation sites (tertiary alicyclic amines) is 1. The Hall–Kier alpha value is -4.77. The van der Waals surface area contributed by atoms with E-state index >= 15 is 4.79 Å². The molecule has 0 spiro atoms. The molecule has 0 bridgehead atoms. The summed E-state index contributed by atoms with van der Waals surface area (Å²) in [6.45, 7) is 12.8. The average molecular weight is 796 g/mol. The van der Waals surface area contributed by atoms with Crippen LogP contribution in [0.1, 0.15) is 81.2 Å². The molecular formula is C44H48Cl2N6O4. The van der Waals surface area contributed by atoms with E-state index in [2.05, 4.69) is 34.2 Å². The Morgan fingerprint density at radius 3 is 2.41 bits per heavy atom. The number of aromatic nitrogens is 4. The minimum atomic E-state index is -1.00. The van der Waals surface area contributed by atoms with Gasteiger partial charge in [0.2, 0.25) is 0 Å². The van der Waals surface area contributed by atoms with Crippen LogP contribution in [0.5, 0.6) is 5.75 Å². The lowest BCUT2D eigenvalue weighted by Crippen LogP contribution is -2.42. The van der Waals surface area contributed by atoms with Gasteiger partial charge in [-0.25, -0.2) is 4.79 Å². The molecular weight excluding hydrogens is 747 g/mol. The van der Waals surface area contributed by atoms with E-state index in [0.29, 0.717) is 42.8 Å². The van der Waals surface area contributed by atoms with Gasteiger partial charge in [-0.15, -0.1) is 0 Å². The van der Waals surface area contributed by atoms with E-state index in [0.717, 1.165) is 103 Å². The summed E-state index contributed by atoms with van der Waals surface area (Å²) >= 11 is 13.6. The van der Waals surface area contributed by atoms with Crippen LogP contribution in [-0.4, -0.2) is 73.6 Å². The van der Waals surface area contributed by atoms with Crippen LogP contribution in [0.15, 0.2) is 48.7 Å². The lowest BCUT2D eigenvalue weighted by Gasteiger charge is -2.34. The van der Waals surface area contributed by atoms with E-state index in [1.165, 1.54) is 0 Å². The number of carbonyl (C=O) groups excluding carboxylic acids is 1. The van der Waals surface area contributed by atoms with Crippen LogP contribution in [0.25, 0.3) is 32.9 Å². The number of benzene rings is 3. The summed E-state index contributed by atoms with van der Waals surface area (Å²) < 4.78 is 12.5. The van der Waals surface area contributed by atoms with Crippen LogP contribution in [-0.2, 0) is 20.0 Å². The smallest absolute Gasteiger partial charge is 0.335 e. The number of aryl methyl sites for hydroxylation is 5. The molecule has 292 valence electrons. The molecule has 2 atom stereocenters. The zero-order valence-corrected chi connectivity index (χ0v) is 34.6. The Morgan fingerprint density at radius 1 is 1.00 bits per heavy atom. The summed E-state index contributed by atoms with van der Waals surface area (Å²) in [5.41, 5.74) is 9.93. The molecule has 2 aliphatic rings. The van der Waals surface area contributed by atoms with Crippen LogP contribution in [0.2, 0.25) is 10.0 Å². The maximum atomic E-state index is 15.3. The number of ether oxygens (including phenoxy) is 1. The first kappa shape index (κ1) is 38.1. The number of likely N-dealkylation sites (N-methyl/N-ethyl adjacent to an activating group) is 1. The van der Waals surface area contributed by atoms with Crippen molar-refractivity contribution >= 4 is 62.6 Å². The van der Waals surface area contributed by atoms with Crippen molar-refractivity contribution in [1.29, 1.82) is 0 Å². The third kappa shape index (κ3) is 6.36. The second-order valence-corrected chi connectivity index (χ2v) is 16.5.